The number of ether oxygens (including phenoxy) is 1. The Balaban J connectivity index is 2.63. The van der Waals surface area contributed by atoms with Crippen LogP contribution < -0.4 is 5.32 Å². The zero-order chi connectivity index (χ0) is 13.7. The van der Waals surface area contributed by atoms with E-state index in [0.29, 0.717) is 23.2 Å². The highest BCUT2D eigenvalue weighted by atomic mass is 35.5. The Morgan fingerprint density at radius 2 is 2.06 bits per heavy atom. The van der Waals surface area contributed by atoms with Crippen molar-refractivity contribution in [3.05, 3.63) is 27.7 Å². The van der Waals surface area contributed by atoms with Crippen molar-refractivity contribution in [1.29, 1.82) is 0 Å². The molecule has 1 N–H and O–H groups in total. The van der Waals surface area contributed by atoms with Crippen molar-refractivity contribution in [3.63, 3.8) is 0 Å². The number of carbonyl (C=O) groups is 1. The molecular formula is C13H17Cl2NO2. The fourth-order valence-electron chi connectivity index (χ4n) is 1.41. The van der Waals surface area contributed by atoms with Gasteiger partial charge in [0.1, 0.15) is 0 Å². The van der Waals surface area contributed by atoms with Gasteiger partial charge in [-0.15, -0.1) is 0 Å². The van der Waals surface area contributed by atoms with E-state index in [1.54, 1.807) is 26.0 Å². The molecule has 0 bridgehead atoms. The van der Waals surface area contributed by atoms with Gasteiger partial charge in [0.05, 0.1) is 23.2 Å². The Labute approximate surface area is 117 Å². The molecule has 1 atom stereocenters. The van der Waals surface area contributed by atoms with Gasteiger partial charge in [-0.2, -0.15) is 0 Å². The van der Waals surface area contributed by atoms with Gasteiger partial charge in [-0.25, -0.2) is 0 Å². The Hall–Kier alpha value is -0.930. The minimum atomic E-state index is -0.235. The largest absolute Gasteiger partial charge is 0.466 e. The van der Waals surface area contributed by atoms with Gasteiger partial charge in [-0.1, -0.05) is 30.1 Å². The summed E-state index contributed by atoms with van der Waals surface area (Å²) in [6, 6.07) is 3.55. The van der Waals surface area contributed by atoms with Gasteiger partial charge in [0.25, 0.3) is 0 Å². The third kappa shape index (κ3) is 4.07. The Morgan fingerprint density at radius 3 is 2.67 bits per heavy atom. The summed E-state index contributed by atoms with van der Waals surface area (Å²) < 4.78 is 4.93. The highest BCUT2D eigenvalue weighted by molar-refractivity contribution is 6.35. The number of aryl methyl sites for hydroxylation is 1. The van der Waals surface area contributed by atoms with Gasteiger partial charge in [-0.3, -0.25) is 4.79 Å². The van der Waals surface area contributed by atoms with Crippen molar-refractivity contribution in [2.45, 2.75) is 20.8 Å². The Bertz CT molecular complexity index is 435. The number of rotatable bonds is 5. The maximum Gasteiger partial charge on any atom is 0.310 e. The first-order valence-corrected chi connectivity index (χ1v) is 6.57. The lowest BCUT2D eigenvalue weighted by molar-refractivity contribution is -0.146. The molecule has 0 heterocycles. The number of anilines is 1. The molecule has 18 heavy (non-hydrogen) atoms. The SMILES string of the molecule is CCOC(=O)C(C)CNc1cc(Cl)c(C)cc1Cl. The predicted octanol–water partition coefficient (Wildman–Crippen LogP) is 3.91. The zero-order valence-electron chi connectivity index (χ0n) is 10.7. The van der Waals surface area contributed by atoms with E-state index in [0.717, 1.165) is 11.3 Å². The monoisotopic (exact) mass is 289 g/mol. The Morgan fingerprint density at radius 1 is 1.39 bits per heavy atom. The van der Waals surface area contributed by atoms with Crippen LogP contribution in [0, 0.1) is 12.8 Å². The molecule has 0 fully saturated rings. The lowest BCUT2D eigenvalue weighted by Gasteiger charge is -2.14. The van der Waals surface area contributed by atoms with E-state index in [-0.39, 0.29) is 11.9 Å². The van der Waals surface area contributed by atoms with Crippen molar-refractivity contribution < 1.29 is 9.53 Å². The summed E-state index contributed by atoms with van der Waals surface area (Å²) in [6.45, 7) is 6.32. The van der Waals surface area contributed by atoms with Crippen molar-refractivity contribution in [3.8, 4) is 0 Å². The molecule has 3 nitrogen and oxygen atoms in total. The second-order valence-corrected chi connectivity index (χ2v) is 4.93. The molecule has 0 saturated heterocycles. The van der Waals surface area contributed by atoms with Gasteiger partial charge >= 0.3 is 5.97 Å². The quantitative estimate of drug-likeness (QED) is 0.835. The summed E-state index contributed by atoms with van der Waals surface area (Å²) in [5.41, 5.74) is 1.65. The van der Waals surface area contributed by atoms with Crippen molar-refractivity contribution in [1.82, 2.24) is 0 Å². The van der Waals surface area contributed by atoms with Crippen LogP contribution >= 0.6 is 23.2 Å². The summed E-state index contributed by atoms with van der Waals surface area (Å²) in [4.78, 5) is 11.4. The van der Waals surface area contributed by atoms with E-state index in [1.807, 2.05) is 6.92 Å². The van der Waals surface area contributed by atoms with Gasteiger partial charge in [0, 0.05) is 11.6 Å². The summed E-state index contributed by atoms with van der Waals surface area (Å²) in [5.74, 6) is -0.458. The number of nitrogens with one attached hydrogen (secondary N) is 1. The van der Waals surface area contributed by atoms with Crippen LogP contribution in [0.3, 0.4) is 0 Å². The fourth-order valence-corrected chi connectivity index (χ4v) is 1.86. The number of hydrogen-bond acceptors (Lipinski definition) is 3. The third-order valence-electron chi connectivity index (χ3n) is 2.54. The number of benzene rings is 1. The van der Waals surface area contributed by atoms with Crippen LogP contribution in [0.2, 0.25) is 10.0 Å². The molecule has 0 aliphatic heterocycles. The molecule has 1 unspecified atom stereocenters. The second kappa shape index (κ2) is 6.86. The lowest BCUT2D eigenvalue weighted by Crippen LogP contribution is -2.22. The van der Waals surface area contributed by atoms with E-state index in [9.17, 15) is 4.79 Å². The average molecular weight is 290 g/mol. The number of halogens is 2. The molecule has 0 aromatic heterocycles. The zero-order valence-corrected chi connectivity index (χ0v) is 12.2. The van der Waals surface area contributed by atoms with Crippen LogP contribution in [-0.4, -0.2) is 19.1 Å². The first kappa shape index (κ1) is 15.1. The maximum atomic E-state index is 11.4. The molecule has 0 aliphatic carbocycles. The van der Waals surface area contributed by atoms with Crippen LogP contribution in [0.25, 0.3) is 0 Å². The maximum absolute atomic E-state index is 11.4. The molecule has 5 heteroatoms. The molecule has 0 aliphatic rings. The predicted molar refractivity (Wildman–Crippen MR) is 75.5 cm³/mol. The molecule has 0 saturated carbocycles. The molecular weight excluding hydrogens is 273 g/mol. The highest BCUT2D eigenvalue weighted by Gasteiger charge is 2.14. The summed E-state index contributed by atoms with van der Waals surface area (Å²) in [5, 5.41) is 4.34. The molecule has 1 rings (SSSR count). The first-order chi connectivity index (χ1) is 8.45. The first-order valence-electron chi connectivity index (χ1n) is 5.81. The van der Waals surface area contributed by atoms with E-state index < -0.39 is 0 Å². The molecule has 1 aromatic carbocycles. The number of esters is 1. The Kier molecular flexibility index (Phi) is 5.76. The molecule has 0 spiro atoms. The summed E-state index contributed by atoms with van der Waals surface area (Å²) >= 11 is 12.1. The number of hydrogen-bond donors (Lipinski definition) is 1. The third-order valence-corrected chi connectivity index (χ3v) is 3.26. The normalized spacial score (nSPS) is 12.1. The molecule has 0 radical (unpaired) electrons. The topological polar surface area (TPSA) is 38.3 Å². The van der Waals surface area contributed by atoms with Crippen LogP contribution in [-0.2, 0) is 9.53 Å². The molecule has 100 valence electrons. The van der Waals surface area contributed by atoms with Gasteiger partial charge < -0.3 is 10.1 Å². The second-order valence-electron chi connectivity index (χ2n) is 4.12. The van der Waals surface area contributed by atoms with Crippen LogP contribution in [0.1, 0.15) is 19.4 Å². The average Bonchev–Trinajstić information content (AvgIpc) is 2.32. The number of carbonyl (C=O) groups excluding carboxylic acids is 1. The fraction of sp³-hybridized carbons (Fsp3) is 0.462. The van der Waals surface area contributed by atoms with E-state index >= 15 is 0 Å². The van der Waals surface area contributed by atoms with Crippen LogP contribution in [0.5, 0.6) is 0 Å². The van der Waals surface area contributed by atoms with Gasteiger partial charge in [0.15, 0.2) is 0 Å². The smallest absolute Gasteiger partial charge is 0.310 e. The van der Waals surface area contributed by atoms with Gasteiger partial charge in [0.2, 0.25) is 0 Å². The van der Waals surface area contributed by atoms with Crippen LogP contribution in [0.4, 0.5) is 5.69 Å². The van der Waals surface area contributed by atoms with Gasteiger partial charge in [-0.05, 0) is 31.5 Å². The summed E-state index contributed by atoms with van der Waals surface area (Å²) in [7, 11) is 0. The van der Waals surface area contributed by atoms with Crippen molar-refractivity contribution >= 4 is 34.9 Å². The minimum Gasteiger partial charge on any atom is -0.466 e. The molecule has 1 aromatic rings. The lowest BCUT2D eigenvalue weighted by atomic mass is 10.1. The van der Waals surface area contributed by atoms with Crippen LogP contribution in [0.15, 0.2) is 12.1 Å². The molecule has 0 amide bonds. The van der Waals surface area contributed by atoms with E-state index in [1.165, 1.54) is 0 Å². The standard InChI is InChI=1S/C13H17Cl2NO2/c1-4-18-13(17)9(3)7-16-12-6-10(14)8(2)5-11(12)15/h5-6,9,16H,4,7H2,1-3H3. The summed E-state index contributed by atoms with van der Waals surface area (Å²) in [6.07, 6.45) is 0. The van der Waals surface area contributed by atoms with Crippen molar-refractivity contribution in [2.75, 3.05) is 18.5 Å². The van der Waals surface area contributed by atoms with Crippen molar-refractivity contribution in [2.24, 2.45) is 5.92 Å². The minimum absolute atomic E-state index is 0.223. The van der Waals surface area contributed by atoms with E-state index in [4.69, 9.17) is 27.9 Å². The van der Waals surface area contributed by atoms with E-state index in [2.05, 4.69) is 5.32 Å². The highest BCUT2D eigenvalue weighted by Crippen LogP contribution is 2.28.